The lowest BCUT2D eigenvalue weighted by Gasteiger charge is -2.15. The topological polar surface area (TPSA) is 85.7 Å². The van der Waals surface area contributed by atoms with Gasteiger partial charge in [0.2, 0.25) is 0 Å². The van der Waals surface area contributed by atoms with Gasteiger partial charge in [0.25, 0.3) is 0 Å². The predicted molar refractivity (Wildman–Crippen MR) is 99.1 cm³/mol. The van der Waals surface area contributed by atoms with Crippen molar-refractivity contribution < 1.29 is 23.7 Å². The van der Waals surface area contributed by atoms with Gasteiger partial charge in [-0.25, -0.2) is 4.39 Å². The van der Waals surface area contributed by atoms with E-state index in [9.17, 15) is 9.50 Å². The molecule has 3 aromatic rings. The van der Waals surface area contributed by atoms with Crippen molar-refractivity contribution in [3.63, 3.8) is 0 Å². The lowest BCUT2D eigenvalue weighted by atomic mass is 10.2. The number of benzene rings is 2. The Balaban J connectivity index is 1.76. The molecule has 1 aromatic heterocycles. The van der Waals surface area contributed by atoms with Gasteiger partial charge in [-0.05, 0) is 18.2 Å². The molecular weight excluding hydrogens is 377 g/mol. The summed E-state index contributed by atoms with van der Waals surface area (Å²) in [4.78, 5) is 0. The van der Waals surface area contributed by atoms with Gasteiger partial charge in [0.05, 0.1) is 29.0 Å². The standard InChI is InChI=1S/C18H17ClFN3O4/c1-25-4-5-26-18-9-14-11(2-3-22-23-14)6-17(18)27-10-21-15-8-16(24)12(19)7-13(15)20/h2-3,6-9,21,24H,4-5,10H2,1H3. The molecule has 0 aliphatic carbocycles. The molecule has 142 valence electrons. The summed E-state index contributed by atoms with van der Waals surface area (Å²) in [6.45, 7) is 0.667. The van der Waals surface area contributed by atoms with Gasteiger partial charge >= 0.3 is 0 Å². The van der Waals surface area contributed by atoms with E-state index in [2.05, 4.69) is 15.5 Å². The molecular formula is C18H17ClFN3O4. The van der Waals surface area contributed by atoms with Crippen LogP contribution >= 0.6 is 11.6 Å². The minimum atomic E-state index is -0.605. The van der Waals surface area contributed by atoms with Crippen molar-refractivity contribution in [3.05, 3.63) is 47.4 Å². The number of rotatable bonds is 8. The van der Waals surface area contributed by atoms with E-state index in [0.717, 1.165) is 11.5 Å². The van der Waals surface area contributed by atoms with Gasteiger partial charge in [-0.1, -0.05) is 11.6 Å². The molecule has 0 aliphatic heterocycles. The van der Waals surface area contributed by atoms with E-state index in [1.807, 2.05) is 0 Å². The van der Waals surface area contributed by atoms with Gasteiger partial charge in [0.1, 0.15) is 18.2 Å². The fourth-order valence-corrected chi connectivity index (χ4v) is 2.47. The maximum Gasteiger partial charge on any atom is 0.164 e. The number of fused-ring (bicyclic) bond motifs is 1. The summed E-state index contributed by atoms with van der Waals surface area (Å²) in [6.07, 6.45) is 1.57. The average Bonchev–Trinajstić information content (AvgIpc) is 2.66. The third-order valence-electron chi connectivity index (χ3n) is 3.65. The van der Waals surface area contributed by atoms with Crippen LogP contribution in [0.4, 0.5) is 10.1 Å². The summed E-state index contributed by atoms with van der Waals surface area (Å²) in [5.41, 5.74) is 0.712. The van der Waals surface area contributed by atoms with Gasteiger partial charge in [0.15, 0.2) is 18.2 Å². The number of phenols is 1. The SMILES string of the molecule is COCCOc1cc2nnccc2cc1OCNc1cc(O)c(Cl)cc1F. The van der Waals surface area contributed by atoms with E-state index in [4.69, 9.17) is 25.8 Å². The molecule has 2 aromatic carbocycles. The van der Waals surface area contributed by atoms with Crippen molar-refractivity contribution in [3.8, 4) is 17.2 Å². The van der Waals surface area contributed by atoms with E-state index < -0.39 is 5.82 Å². The lowest BCUT2D eigenvalue weighted by molar-refractivity contribution is 0.143. The molecule has 3 rings (SSSR count). The van der Waals surface area contributed by atoms with Gasteiger partial charge in [-0.3, -0.25) is 0 Å². The molecule has 0 spiro atoms. The van der Waals surface area contributed by atoms with Gasteiger partial charge in [-0.2, -0.15) is 10.2 Å². The van der Waals surface area contributed by atoms with E-state index in [-0.39, 0.29) is 23.2 Å². The lowest BCUT2D eigenvalue weighted by Crippen LogP contribution is -2.12. The Morgan fingerprint density at radius 1 is 1.15 bits per heavy atom. The van der Waals surface area contributed by atoms with E-state index in [1.54, 1.807) is 31.5 Å². The highest BCUT2D eigenvalue weighted by molar-refractivity contribution is 6.32. The largest absolute Gasteiger partial charge is 0.506 e. The minimum Gasteiger partial charge on any atom is -0.506 e. The van der Waals surface area contributed by atoms with Crippen LogP contribution in [-0.2, 0) is 4.74 Å². The van der Waals surface area contributed by atoms with Crippen LogP contribution < -0.4 is 14.8 Å². The Morgan fingerprint density at radius 3 is 2.78 bits per heavy atom. The highest BCUT2D eigenvalue weighted by Gasteiger charge is 2.11. The Labute approximate surface area is 159 Å². The summed E-state index contributed by atoms with van der Waals surface area (Å²) in [6, 6.07) is 7.46. The minimum absolute atomic E-state index is 0.0606. The van der Waals surface area contributed by atoms with Crippen molar-refractivity contribution in [1.82, 2.24) is 10.2 Å². The van der Waals surface area contributed by atoms with Crippen LogP contribution in [0.5, 0.6) is 17.2 Å². The quantitative estimate of drug-likeness (QED) is 0.446. The Hall–Kier alpha value is -2.84. The number of hydrogen-bond donors (Lipinski definition) is 2. The van der Waals surface area contributed by atoms with Crippen LogP contribution in [0.15, 0.2) is 36.5 Å². The van der Waals surface area contributed by atoms with E-state index in [1.165, 1.54) is 6.07 Å². The zero-order chi connectivity index (χ0) is 19.2. The van der Waals surface area contributed by atoms with Crippen molar-refractivity contribution in [2.45, 2.75) is 0 Å². The summed E-state index contributed by atoms with van der Waals surface area (Å²) in [7, 11) is 1.58. The first kappa shape index (κ1) is 18.9. The Bertz CT molecular complexity index is 942. The monoisotopic (exact) mass is 393 g/mol. The molecule has 0 amide bonds. The summed E-state index contributed by atoms with van der Waals surface area (Å²) < 4.78 is 30.2. The normalized spacial score (nSPS) is 10.8. The van der Waals surface area contributed by atoms with E-state index >= 15 is 0 Å². The molecule has 0 aliphatic rings. The number of hydrogen-bond acceptors (Lipinski definition) is 7. The predicted octanol–water partition coefficient (Wildman–Crippen LogP) is 3.60. The van der Waals surface area contributed by atoms with Crippen molar-refractivity contribution in [2.75, 3.05) is 32.4 Å². The molecule has 1 heterocycles. The van der Waals surface area contributed by atoms with Crippen LogP contribution in [0.3, 0.4) is 0 Å². The molecule has 0 bridgehead atoms. The van der Waals surface area contributed by atoms with Crippen molar-refractivity contribution >= 4 is 28.2 Å². The number of aromatic hydroxyl groups is 1. The number of anilines is 1. The molecule has 0 radical (unpaired) electrons. The zero-order valence-corrected chi connectivity index (χ0v) is 15.2. The van der Waals surface area contributed by atoms with E-state index in [0.29, 0.717) is 30.2 Å². The van der Waals surface area contributed by atoms with Crippen LogP contribution in [0, 0.1) is 5.82 Å². The molecule has 27 heavy (non-hydrogen) atoms. The number of methoxy groups -OCH3 is 1. The van der Waals surface area contributed by atoms with Crippen molar-refractivity contribution in [1.29, 1.82) is 0 Å². The smallest absolute Gasteiger partial charge is 0.164 e. The van der Waals surface area contributed by atoms with Gasteiger partial charge in [0, 0.05) is 24.6 Å². The first-order chi connectivity index (χ1) is 13.1. The number of aromatic nitrogens is 2. The third-order valence-corrected chi connectivity index (χ3v) is 3.95. The molecule has 0 fully saturated rings. The molecule has 2 N–H and O–H groups in total. The van der Waals surface area contributed by atoms with Crippen LogP contribution in [0.2, 0.25) is 5.02 Å². The summed E-state index contributed by atoms with van der Waals surface area (Å²) in [5, 5.41) is 21.0. The molecule has 9 heteroatoms. The summed E-state index contributed by atoms with van der Waals surface area (Å²) in [5.74, 6) is 0.0687. The average molecular weight is 394 g/mol. The molecule has 0 saturated heterocycles. The number of ether oxygens (including phenoxy) is 3. The van der Waals surface area contributed by atoms with Gasteiger partial charge in [-0.15, -0.1) is 0 Å². The number of nitrogens with zero attached hydrogens (tertiary/aromatic N) is 2. The number of phenolic OH excluding ortho intramolecular Hbond substituents is 1. The van der Waals surface area contributed by atoms with Gasteiger partial charge < -0.3 is 24.6 Å². The maximum atomic E-state index is 13.9. The third kappa shape index (κ3) is 4.66. The summed E-state index contributed by atoms with van der Waals surface area (Å²) >= 11 is 5.67. The fourth-order valence-electron chi connectivity index (χ4n) is 2.32. The second kappa shape index (κ2) is 8.70. The fraction of sp³-hybridized carbons (Fsp3) is 0.222. The second-order valence-electron chi connectivity index (χ2n) is 5.48. The molecule has 0 saturated carbocycles. The molecule has 0 unspecified atom stereocenters. The highest BCUT2D eigenvalue weighted by Crippen LogP contribution is 2.32. The zero-order valence-electron chi connectivity index (χ0n) is 14.4. The first-order valence-corrected chi connectivity index (χ1v) is 8.38. The maximum absolute atomic E-state index is 13.9. The first-order valence-electron chi connectivity index (χ1n) is 8.00. The number of nitrogens with one attached hydrogen (secondary N) is 1. The van der Waals surface area contributed by atoms with Crippen molar-refractivity contribution in [2.24, 2.45) is 0 Å². The highest BCUT2D eigenvalue weighted by atomic mass is 35.5. The Morgan fingerprint density at radius 2 is 1.96 bits per heavy atom. The second-order valence-corrected chi connectivity index (χ2v) is 5.89. The molecule has 7 nitrogen and oxygen atoms in total. The number of halogens is 2. The van der Waals surface area contributed by atoms with Crippen LogP contribution in [-0.4, -0.2) is 42.4 Å². The Kier molecular flexibility index (Phi) is 6.10. The van der Waals surface area contributed by atoms with Crippen LogP contribution in [0.1, 0.15) is 0 Å². The molecule has 0 atom stereocenters. The van der Waals surface area contributed by atoms with Crippen LogP contribution in [0.25, 0.3) is 10.9 Å².